The van der Waals surface area contributed by atoms with E-state index in [0.29, 0.717) is 23.6 Å². The predicted octanol–water partition coefficient (Wildman–Crippen LogP) is 3.01. The van der Waals surface area contributed by atoms with E-state index in [2.05, 4.69) is 10.6 Å². The molecule has 0 aliphatic rings. The van der Waals surface area contributed by atoms with Gasteiger partial charge >= 0.3 is 0 Å². The molecule has 0 fully saturated rings. The Hall–Kier alpha value is -3.00. The zero-order chi connectivity index (χ0) is 15.8. The molecule has 0 bridgehead atoms. The molecule has 5 heteroatoms. The minimum absolute atomic E-state index is 0.112. The maximum absolute atomic E-state index is 12.0. The van der Waals surface area contributed by atoms with Crippen molar-refractivity contribution in [3.8, 4) is 11.8 Å². The molecule has 0 saturated carbocycles. The van der Waals surface area contributed by atoms with Crippen molar-refractivity contribution in [1.82, 2.24) is 0 Å². The van der Waals surface area contributed by atoms with Crippen LogP contribution in [0.25, 0.3) is 0 Å². The monoisotopic (exact) mass is 295 g/mol. The average Bonchev–Trinajstić information content (AvgIpc) is 2.54. The molecule has 0 saturated heterocycles. The second kappa shape index (κ2) is 7.70. The van der Waals surface area contributed by atoms with E-state index < -0.39 is 0 Å². The van der Waals surface area contributed by atoms with Gasteiger partial charge in [0.1, 0.15) is 5.75 Å². The van der Waals surface area contributed by atoms with Crippen LogP contribution < -0.4 is 15.4 Å². The second-order valence-corrected chi connectivity index (χ2v) is 4.52. The zero-order valence-corrected chi connectivity index (χ0v) is 12.3. The number of nitriles is 1. The average molecular weight is 295 g/mol. The van der Waals surface area contributed by atoms with Crippen molar-refractivity contribution >= 4 is 17.3 Å². The zero-order valence-electron chi connectivity index (χ0n) is 12.3. The number of anilines is 2. The Morgan fingerprint density at radius 2 is 2.05 bits per heavy atom. The highest BCUT2D eigenvalue weighted by molar-refractivity contribution is 5.94. The van der Waals surface area contributed by atoms with Crippen LogP contribution in [-0.4, -0.2) is 19.1 Å². The number of para-hydroxylation sites is 2. The van der Waals surface area contributed by atoms with E-state index in [4.69, 9.17) is 10.00 Å². The number of hydrogen-bond acceptors (Lipinski definition) is 4. The Morgan fingerprint density at radius 1 is 1.23 bits per heavy atom. The molecule has 2 aromatic rings. The second-order valence-electron chi connectivity index (χ2n) is 4.52. The molecular weight excluding hydrogens is 278 g/mol. The van der Waals surface area contributed by atoms with Crippen LogP contribution in [0.3, 0.4) is 0 Å². The van der Waals surface area contributed by atoms with Gasteiger partial charge in [0, 0.05) is 5.69 Å². The van der Waals surface area contributed by atoms with Gasteiger partial charge in [-0.25, -0.2) is 0 Å². The van der Waals surface area contributed by atoms with Gasteiger partial charge in [-0.1, -0.05) is 18.2 Å². The fourth-order valence-electron chi connectivity index (χ4n) is 1.94. The first-order valence-electron chi connectivity index (χ1n) is 6.98. The highest BCUT2D eigenvalue weighted by Crippen LogP contribution is 2.23. The lowest BCUT2D eigenvalue weighted by Crippen LogP contribution is -2.22. The van der Waals surface area contributed by atoms with Crippen molar-refractivity contribution in [3.05, 3.63) is 54.1 Å². The fourth-order valence-corrected chi connectivity index (χ4v) is 1.94. The van der Waals surface area contributed by atoms with Crippen molar-refractivity contribution in [3.63, 3.8) is 0 Å². The normalized spacial score (nSPS) is 9.64. The first kappa shape index (κ1) is 15.4. The standard InChI is InChI=1S/C17H17N3O2/c1-2-22-16-9-4-3-8-15(16)19-12-17(21)20-14-7-5-6-13(10-14)11-18/h3-10,19H,2,12H2,1H3,(H,20,21). The molecular formula is C17H17N3O2. The lowest BCUT2D eigenvalue weighted by molar-refractivity contribution is -0.114. The summed E-state index contributed by atoms with van der Waals surface area (Å²) in [6, 6.07) is 16.3. The molecule has 0 aliphatic heterocycles. The van der Waals surface area contributed by atoms with E-state index in [1.807, 2.05) is 37.3 Å². The maximum Gasteiger partial charge on any atom is 0.243 e. The molecule has 5 nitrogen and oxygen atoms in total. The minimum Gasteiger partial charge on any atom is -0.492 e. The Labute approximate surface area is 129 Å². The summed E-state index contributed by atoms with van der Waals surface area (Å²) in [4.78, 5) is 12.0. The van der Waals surface area contributed by atoms with E-state index in [-0.39, 0.29) is 12.5 Å². The molecule has 0 aromatic heterocycles. The number of ether oxygens (including phenoxy) is 1. The predicted molar refractivity (Wildman–Crippen MR) is 85.9 cm³/mol. The Morgan fingerprint density at radius 3 is 2.82 bits per heavy atom. The third-order valence-corrected chi connectivity index (χ3v) is 2.90. The molecule has 0 spiro atoms. The first-order chi connectivity index (χ1) is 10.7. The number of carbonyl (C=O) groups is 1. The van der Waals surface area contributed by atoms with E-state index in [9.17, 15) is 4.79 Å². The van der Waals surface area contributed by atoms with E-state index >= 15 is 0 Å². The third-order valence-electron chi connectivity index (χ3n) is 2.90. The van der Waals surface area contributed by atoms with Gasteiger partial charge in [0.05, 0.1) is 30.5 Å². The quantitative estimate of drug-likeness (QED) is 0.859. The lowest BCUT2D eigenvalue weighted by atomic mass is 10.2. The Balaban J connectivity index is 1.94. The molecule has 112 valence electrons. The third kappa shape index (κ3) is 4.25. The molecule has 1 amide bonds. The van der Waals surface area contributed by atoms with Crippen LogP contribution in [-0.2, 0) is 4.79 Å². The van der Waals surface area contributed by atoms with Crippen molar-refractivity contribution in [2.75, 3.05) is 23.8 Å². The van der Waals surface area contributed by atoms with Crippen LogP contribution in [0.5, 0.6) is 5.75 Å². The largest absolute Gasteiger partial charge is 0.492 e. The van der Waals surface area contributed by atoms with Gasteiger partial charge in [0.2, 0.25) is 5.91 Å². The molecule has 2 rings (SSSR count). The molecule has 22 heavy (non-hydrogen) atoms. The first-order valence-corrected chi connectivity index (χ1v) is 6.98. The summed E-state index contributed by atoms with van der Waals surface area (Å²) in [6.45, 7) is 2.58. The number of carbonyl (C=O) groups excluding carboxylic acids is 1. The van der Waals surface area contributed by atoms with Crippen LogP contribution in [0.2, 0.25) is 0 Å². The molecule has 2 N–H and O–H groups in total. The Kier molecular flexibility index (Phi) is 5.38. The molecule has 0 heterocycles. The van der Waals surface area contributed by atoms with Crippen molar-refractivity contribution in [2.24, 2.45) is 0 Å². The number of amides is 1. The van der Waals surface area contributed by atoms with Gasteiger partial charge in [-0.05, 0) is 37.3 Å². The molecule has 2 aromatic carbocycles. The summed E-state index contributed by atoms with van der Waals surface area (Å²) < 4.78 is 5.49. The van der Waals surface area contributed by atoms with Gasteiger partial charge in [0.15, 0.2) is 0 Å². The number of rotatable bonds is 6. The summed E-state index contributed by atoms with van der Waals surface area (Å²) in [5.74, 6) is 0.519. The van der Waals surface area contributed by atoms with Crippen LogP contribution in [0, 0.1) is 11.3 Å². The summed E-state index contributed by atoms with van der Waals surface area (Å²) >= 11 is 0. The molecule has 0 unspecified atom stereocenters. The number of hydrogen-bond donors (Lipinski definition) is 2. The van der Waals surface area contributed by atoms with Gasteiger partial charge in [-0.2, -0.15) is 5.26 Å². The summed E-state index contributed by atoms with van der Waals surface area (Å²) in [7, 11) is 0. The highest BCUT2D eigenvalue weighted by atomic mass is 16.5. The Bertz CT molecular complexity index is 692. The van der Waals surface area contributed by atoms with Crippen LogP contribution >= 0.6 is 0 Å². The van der Waals surface area contributed by atoms with Crippen LogP contribution in [0.15, 0.2) is 48.5 Å². The number of nitrogens with zero attached hydrogens (tertiary/aromatic N) is 1. The van der Waals surface area contributed by atoms with Crippen LogP contribution in [0.1, 0.15) is 12.5 Å². The molecule has 0 atom stereocenters. The van der Waals surface area contributed by atoms with Gasteiger partial charge in [-0.15, -0.1) is 0 Å². The van der Waals surface area contributed by atoms with Gasteiger partial charge in [-0.3, -0.25) is 4.79 Å². The highest BCUT2D eigenvalue weighted by Gasteiger charge is 2.06. The summed E-state index contributed by atoms with van der Waals surface area (Å²) in [5, 5.41) is 14.6. The van der Waals surface area contributed by atoms with E-state index in [0.717, 1.165) is 5.69 Å². The molecule has 0 aliphatic carbocycles. The van der Waals surface area contributed by atoms with E-state index in [1.165, 1.54) is 0 Å². The molecule has 0 radical (unpaired) electrons. The van der Waals surface area contributed by atoms with Gasteiger partial charge in [0.25, 0.3) is 0 Å². The maximum atomic E-state index is 12.0. The van der Waals surface area contributed by atoms with Crippen molar-refractivity contribution in [2.45, 2.75) is 6.92 Å². The fraction of sp³-hybridized carbons (Fsp3) is 0.176. The minimum atomic E-state index is -0.193. The number of benzene rings is 2. The lowest BCUT2D eigenvalue weighted by Gasteiger charge is -2.12. The van der Waals surface area contributed by atoms with Crippen molar-refractivity contribution < 1.29 is 9.53 Å². The number of nitrogens with one attached hydrogen (secondary N) is 2. The summed E-state index contributed by atoms with van der Waals surface area (Å²) in [6.07, 6.45) is 0. The smallest absolute Gasteiger partial charge is 0.243 e. The van der Waals surface area contributed by atoms with Crippen LogP contribution in [0.4, 0.5) is 11.4 Å². The topological polar surface area (TPSA) is 74.2 Å². The van der Waals surface area contributed by atoms with Crippen molar-refractivity contribution in [1.29, 1.82) is 5.26 Å². The summed E-state index contributed by atoms with van der Waals surface area (Å²) in [5.41, 5.74) is 1.88. The van der Waals surface area contributed by atoms with Gasteiger partial charge < -0.3 is 15.4 Å². The van der Waals surface area contributed by atoms with E-state index in [1.54, 1.807) is 24.3 Å². The SMILES string of the molecule is CCOc1ccccc1NCC(=O)Nc1cccc(C#N)c1.